The maximum Gasteiger partial charge on any atom is 0.263 e. The molecule has 4 saturated carbocycles. The average molecular weight is 516 g/mol. The Labute approximate surface area is 216 Å². The molecule has 2 heterocycles. The van der Waals surface area contributed by atoms with Crippen LogP contribution in [0.3, 0.4) is 0 Å². The highest BCUT2D eigenvalue weighted by atomic mass is 32.2. The number of anilines is 1. The molecule has 0 radical (unpaired) electrons. The first-order chi connectivity index (χ1) is 17.4. The van der Waals surface area contributed by atoms with Crippen LogP contribution < -0.4 is 4.72 Å². The zero-order chi connectivity index (χ0) is 24.5. The van der Waals surface area contributed by atoms with Crippen molar-refractivity contribution in [1.29, 1.82) is 0 Å². The fraction of sp³-hybridized carbons (Fsp3) is 0.379. The lowest BCUT2D eigenvalue weighted by atomic mass is 9.48. The lowest BCUT2D eigenvalue weighted by molar-refractivity contribution is -0.00521. The van der Waals surface area contributed by atoms with Gasteiger partial charge < -0.3 is 0 Å². The highest BCUT2D eigenvalue weighted by Crippen LogP contribution is 2.60. The van der Waals surface area contributed by atoms with Crippen molar-refractivity contribution in [2.45, 2.75) is 55.8 Å². The third-order valence-corrected chi connectivity index (χ3v) is 11.0. The van der Waals surface area contributed by atoms with E-state index >= 15 is 0 Å². The molecule has 8 rings (SSSR count). The molecule has 4 bridgehead atoms. The largest absolute Gasteiger partial charge is 0.263 e. The highest BCUT2D eigenvalue weighted by molar-refractivity contribution is 7.92. The van der Waals surface area contributed by atoms with Gasteiger partial charge in [-0.2, -0.15) is 0 Å². The second-order valence-electron chi connectivity index (χ2n) is 11.2. The summed E-state index contributed by atoms with van der Waals surface area (Å²) in [6, 6.07) is 15.9. The standard InChI is InChI=1S/C29H29N3O2S2/c1-18-2-4-22(5-3-18)25-16-35-28-26(25)27(30-17-31-28)32-36(33,34)24-8-6-23(7-9-24)29-13-19-10-20(14-29)12-21(11-19)15-29/h2-9,16-17,19-21H,10-15H2,1H3,(H,30,31,32). The summed E-state index contributed by atoms with van der Waals surface area (Å²) in [5, 5.41) is 2.75. The van der Waals surface area contributed by atoms with Crippen molar-refractivity contribution < 1.29 is 8.42 Å². The van der Waals surface area contributed by atoms with E-state index in [1.165, 1.54) is 67.3 Å². The van der Waals surface area contributed by atoms with Crippen LogP contribution >= 0.6 is 11.3 Å². The van der Waals surface area contributed by atoms with E-state index in [1.54, 1.807) is 12.1 Å². The Hall–Kier alpha value is -2.77. The number of aryl methyl sites for hydroxylation is 1. The van der Waals surface area contributed by atoms with Crippen LogP contribution in [-0.2, 0) is 15.4 Å². The highest BCUT2D eigenvalue weighted by Gasteiger charge is 2.51. The van der Waals surface area contributed by atoms with Gasteiger partial charge in [-0.25, -0.2) is 18.4 Å². The van der Waals surface area contributed by atoms with Crippen LogP contribution in [0.2, 0.25) is 0 Å². The van der Waals surface area contributed by atoms with Crippen molar-refractivity contribution in [3.05, 3.63) is 71.4 Å². The molecule has 1 N–H and O–H groups in total. The topological polar surface area (TPSA) is 72.0 Å². The van der Waals surface area contributed by atoms with Crippen molar-refractivity contribution in [2.75, 3.05) is 4.72 Å². The number of fused-ring (bicyclic) bond motifs is 1. The van der Waals surface area contributed by atoms with Gasteiger partial charge in [-0.3, -0.25) is 4.72 Å². The van der Waals surface area contributed by atoms with Gasteiger partial charge in [0.25, 0.3) is 10.0 Å². The summed E-state index contributed by atoms with van der Waals surface area (Å²) >= 11 is 1.49. The van der Waals surface area contributed by atoms with Crippen LogP contribution in [0.15, 0.2) is 65.1 Å². The van der Waals surface area contributed by atoms with Crippen molar-refractivity contribution in [1.82, 2.24) is 9.97 Å². The van der Waals surface area contributed by atoms with Crippen LogP contribution in [0.25, 0.3) is 21.3 Å². The molecular weight excluding hydrogens is 486 g/mol. The first-order valence-corrected chi connectivity index (χ1v) is 15.2. The predicted molar refractivity (Wildman–Crippen MR) is 145 cm³/mol. The zero-order valence-corrected chi connectivity index (χ0v) is 21.9. The quantitative estimate of drug-likeness (QED) is 0.313. The number of thiophene rings is 1. The Bertz CT molecular complexity index is 1520. The summed E-state index contributed by atoms with van der Waals surface area (Å²) in [5.74, 6) is 2.89. The van der Waals surface area contributed by atoms with Gasteiger partial charge in [0.15, 0.2) is 5.82 Å². The van der Waals surface area contributed by atoms with Gasteiger partial charge in [-0.05, 0) is 91.9 Å². The Balaban J connectivity index is 1.20. The number of rotatable bonds is 5. The second-order valence-corrected chi connectivity index (χ2v) is 13.8. The molecule has 4 fully saturated rings. The van der Waals surface area contributed by atoms with Crippen molar-refractivity contribution in [2.24, 2.45) is 17.8 Å². The Morgan fingerprint density at radius 2 is 1.53 bits per heavy atom. The second kappa shape index (κ2) is 8.12. The number of nitrogens with zero attached hydrogens (tertiary/aromatic N) is 2. The minimum Gasteiger partial charge on any atom is -0.263 e. The average Bonchev–Trinajstić information content (AvgIpc) is 3.29. The fourth-order valence-electron chi connectivity index (χ4n) is 7.54. The molecule has 2 aromatic carbocycles. The van der Waals surface area contributed by atoms with Crippen LogP contribution in [-0.4, -0.2) is 18.4 Å². The smallest absolute Gasteiger partial charge is 0.263 e. The van der Waals surface area contributed by atoms with E-state index in [0.717, 1.165) is 39.1 Å². The van der Waals surface area contributed by atoms with Crippen molar-refractivity contribution in [3.63, 3.8) is 0 Å². The molecule has 0 atom stereocenters. The van der Waals surface area contributed by atoms with Crippen molar-refractivity contribution in [3.8, 4) is 11.1 Å². The van der Waals surface area contributed by atoms with Crippen LogP contribution in [0.1, 0.15) is 49.7 Å². The van der Waals surface area contributed by atoms with Gasteiger partial charge in [0.05, 0.1) is 10.3 Å². The minimum atomic E-state index is -3.80. The molecule has 2 aromatic heterocycles. The van der Waals surface area contributed by atoms with Crippen molar-refractivity contribution >= 4 is 37.4 Å². The predicted octanol–water partition coefficient (Wildman–Crippen LogP) is 6.94. The van der Waals surface area contributed by atoms with Crippen LogP contribution in [0.5, 0.6) is 0 Å². The van der Waals surface area contributed by atoms with E-state index in [0.29, 0.717) is 5.82 Å². The molecule has 36 heavy (non-hydrogen) atoms. The van der Waals surface area contributed by atoms with Gasteiger partial charge in [-0.1, -0.05) is 42.0 Å². The summed E-state index contributed by atoms with van der Waals surface area (Å²) in [6.45, 7) is 2.05. The van der Waals surface area contributed by atoms with Gasteiger partial charge in [0, 0.05) is 10.9 Å². The van der Waals surface area contributed by atoms with E-state index in [-0.39, 0.29) is 10.3 Å². The molecule has 0 amide bonds. The molecule has 0 saturated heterocycles. The van der Waals surface area contributed by atoms with Crippen LogP contribution in [0.4, 0.5) is 5.82 Å². The maximum atomic E-state index is 13.5. The molecule has 184 valence electrons. The number of aromatic nitrogens is 2. The third-order valence-electron chi connectivity index (χ3n) is 8.78. The Morgan fingerprint density at radius 1 is 0.889 bits per heavy atom. The Morgan fingerprint density at radius 3 is 2.17 bits per heavy atom. The summed E-state index contributed by atoms with van der Waals surface area (Å²) in [4.78, 5) is 9.76. The number of benzene rings is 2. The van der Waals surface area contributed by atoms with Crippen LogP contribution in [0, 0.1) is 24.7 Å². The van der Waals surface area contributed by atoms with E-state index in [2.05, 4.69) is 39.0 Å². The maximum absolute atomic E-state index is 13.5. The number of sulfonamides is 1. The lowest BCUT2D eigenvalue weighted by Gasteiger charge is -2.57. The first-order valence-electron chi connectivity index (χ1n) is 12.8. The molecule has 7 heteroatoms. The molecule has 0 spiro atoms. The fourth-order valence-corrected chi connectivity index (χ4v) is 9.47. The summed E-state index contributed by atoms with van der Waals surface area (Å²) < 4.78 is 29.7. The number of nitrogens with one attached hydrogen (secondary N) is 1. The minimum absolute atomic E-state index is 0.253. The van der Waals surface area contributed by atoms with E-state index in [4.69, 9.17) is 0 Å². The van der Waals surface area contributed by atoms with E-state index in [1.807, 2.05) is 24.4 Å². The first kappa shape index (κ1) is 22.4. The van der Waals surface area contributed by atoms with Gasteiger partial charge in [0.1, 0.15) is 11.2 Å². The molecule has 0 aliphatic heterocycles. The SMILES string of the molecule is Cc1ccc(-c2csc3ncnc(NS(=O)(=O)c4ccc(C56CC7CC(CC(C7)C5)C6)cc4)c23)cc1. The number of hydrogen-bond donors (Lipinski definition) is 1. The number of hydrogen-bond acceptors (Lipinski definition) is 5. The van der Waals surface area contributed by atoms with Gasteiger partial charge in [0.2, 0.25) is 0 Å². The molecule has 5 nitrogen and oxygen atoms in total. The molecular formula is C29H29N3O2S2. The molecule has 4 aromatic rings. The summed E-state index contributed by atoms with van der Waals surface area (Å²) in [7, 11) is -3.80. The molecule has 4 aliphatic rings. The monoisotopic (exact) mass is 515 g/mol. The Kier molecular flexibility index (Phi) is 5.06. The van der Waals surface area contributed by atoms with E-state index < -0.39 is 10.0 Å². The van der Waals surface area contributed by atoms with Gasteiger partial charge in [-0.15, -0.1) is 11.3 Å². The lowest BCUT2D eigenvalue weighted by Crippen LogP contribution is -2.48. The van der Waals surface area contributed by atoms with E-state index in [9.17, 15) is 8.42 Å². The summed E-state index contributed by atoms with van der Waals surface area (Å²) in [6.07, 6.45) is 9.42. The zero-order valence-electron chi connectivity index (χ0n) is 20.3. The van der Waals surface area contributed by atoms with Gasteiger partial charge >= 0.3 is 0 Å². The third kappa shape index (κ3) is 3.67. The molecule has 0 unspecified atom stereocenters. The summed E-state index contributed by atoms with van der Waals surface area (Å²) in [5.41, 5.74) is 4.70. The molecule has 4 aliphatic carbocycles. The normalized spacial score (nSPS) is 27.0.